The normalized spacial score (nSPS) is 15.3. The van der Waals surface area contributed by atoms with E-state index >= 15 is 0 Å². The van der Waals surface area contributed by atoms with Crippen molar-refractivity contribution in [3.8, 4) is 0 Å². The first-order valence-corrected chi connectivity index (χ1v) is 8.59. The van der Waals surface area contributed by atoms with E-state index in [1.54, 1.807) is 0 Å². The Bertz CT molecular complexity index is 817. The fraction of sp³-hybridized carbons (Fsp3) is 0.389. The Labute approximate surface area is 153 Å². The van der Waals surface area contributed by atoms with Crippen LogP contribution in [-0.4, -0.2) is 29.0 Å². The summed E-state index contributed by atoms with van der Waals surface area (Å²) in [6.45, 7) is 1.22. The Hall–Kier alpha value is -2.71. The van der Waals surface area contributed by atoms with E-state index in [9.17, 15) is 22.4 Å². The van der Waals surface area contributed by atoms with Crippen LogP contribution in [0, 0.1) is 5.82 Å². The van der Waals surface area contributed by atoms with Crippen LogP contribution in [0.25, 0.3) is 0 Å². The van der Waals surface area contributed by atoms with Gasteiger partial charge in [0.05, 0.1) is 29.2 Å². The average molecular weight is 382 g/mol. The molecule has 0 radical (unpaired) electrons. The number of alkyl halides is 3. The second-order valence-electron chi connectivity index (χ2n) is 6.34. The molecular formula is C18H18F4N4O. The van der Waals surface area contributed by atoms with Crippen LogP contribution in [0.15, 0.2) is 30.7 Å². The number of anilines is 2. The minimum Gasteiger partial charge on any atom is -0.356 e. The number of hydrogen-bond donors (Lipinski definition) is 1. The average Bonchev–Trinajstić information content (AvgIpc) is 2.89. The van der Waals surface area contributed by atoms with Crippen LogP contribution >= 0.6 is 0 Å². The van der Waals surface area contributed by atoms with Crippen molar-refractivity contribution in [2.24, 2.45) is 0 Å². The molecule has 2 aromatic rings. The van der Waals surface area contributed by atoms with E-state index in [2.05, 4.69) is 15.3 Å². The summed E-state index contributed by atoms with van der Waals surface area (Å²) in [5.74, 6) is -1.25. The fourth-order valence-electron chi connectivity index (χ4n) is 2.99. The first kappa shape index (κ1) is 19.1. The van der Waals surface area contributed by atoms with Gasteiger partial charge in [0.2, 0.25) is 0 Å². The molecule has 0 bridgehead atoms. The SMILES string of the molecule is O=C(Nc1cncc(F)c1)c1cc(C(F)(F)F)cnc1N1CCCCCC1. The number of aromatic nitrogens is 2. The van der Waals surface area contributed by atoms with Crippen molar-refractivity contribution < 1.29 is 22.4 Å². The lowest BCUT2D eigenvalue weighted by molar-refractivity contribution is -0.137. The zero-order valence-electron chi connectivity index (χ0n) is 14.4. The number of pyridine rings is 2. The van der Waals surface area contributed by atoms with E-state index < -0.39 is 23.5 Å². The molecule has 0 unspecified atom stereocenters. The Morgan fingerprint density at radius 2 is 1.74 bits per heavy atom. The van der Waals surface area contributed by atoms with Crippen LogP contribution < -0.4 is 10.2 Å². The van der Waals surface area contributed by atoms with Gasteiger partial charge in [0, 0.05) is 25.4 Å². The van der Waals surface area contributed by atoms with Gasteiger partial charge in [-0.15, -0.1) is 0 Å². The Balaban J connectivity index is 1.97. The molecule has 1 N–H and O–H groups in total. The molecule has 1 aliphatic heterocycles. The molecule has 2 aromatic heterocycles. The maximum atomic E-state index is 13.3. The lowest BCUT2D eigenvalue weighted by atomic mass is 10.1. The van der Waals surface area contributed by atoms with Crippen LogP contribution in [0.3, 0.4) is 0 Å². The molecule has 1 amide bonds. The standard InChI is InChI=1S/C18H18F4N4O/c19-13-8-14(11-23-10-13)25-17(27)15-7-12(18(20,21)22)9-24-16(15)26-5-3-1-2-4-6-26/h7-11H,1-6H2,(H,25,27). The Morgan fingerprint density at radius 1 is 1.04 bits per heavy atom. The van der Waals surface area contributed by atoms with Crippen LogP contribution in [0.4, 0.5) is 29.1 Å². The van der Waals surface area contributed by atoms with Gasteiger partial charge < -0.3 is 10.2 Å². The van der Waals surface area contributed by atoms with E-state index in [0.29, 0.717) is 13.1 Å². The molecule has 3 rings (SSSR count). The first-order chi connectivity index (χ1) is 12.8. The van der Waals surface area contributed by atoms with Gasteiger partial charge in [-0.05, 0) is 18.9 Å². The van der Waals surface area contributed by atoms with Crippen molar-refractivity contribution in [1.82, 2.24) is 9.97 Å². The molecule has 27 heavy (non-hydrogen) atoms. The summed E-state index contributed by atoms with van der Waals surface area (Å²) in [6.07, 6.45) is 2.08. The van der Waals surface area contributed by atoms with Crippen molar-refractivity contribution in [2.75, 3.05) is 23.3 Å². The van der Waals surface area contributed by atoms with Gasteiger partial charge in [-0.2, -0.15) is 13.2 Å². The maximum absolute atomic E-state index is 13.3. The van der Waals surface area contributed by atoms with Crippen LogP contribution in [-0.2, 0) is 6.18 Å². The number of halogens is 4. The van der Waals surface area contributed by atoms with E-state index in [-0.39, 0.29) is 17.1 Å². The minimum absolute atomic E-state index is 0.0548. The molecule has 5 nitrogen and oxygen atoms in total. The number of nitrogens with one attached hydrogen (secondary N) is 1. The number of amides is 1. The number of carbonyl (C=O) groups is 1. The first-order valence-electron chi connectivity index (χ1n) is 8.59. The van der Waals surface area contributed by atoms with Crippen LogP contribution in [0.5, 0.6) is 0 Å². The molecular weight excluding hydrogens is 364 g/mol. The lowest BCUT2D eigenvalue weighted by Gasteiger charge is -2.24. The van der Waals surface area contributed by atoms with Gasteiger partial charge in [-0.3, -0.25) is 9.78 Å². The predicted octanol–water partition coefficient (Wildman–Crippen LogP) is 4.27. The zero-order valence-corrected chi connectivity index (χ0v) is 14.4. The summed E-state index contributed by atoms with van der Waals surface area (Å²) in [5.41, 5.74) is -1.15. The third kappa shape index (κ3) is 4.72. The molecule has 9 heteroatoms. The highest BCUT2D eigenvalue weighted by atomic mass is 19.4. The Morgan fingerprint density at radius 3 is 2.37 bits per heavy atom. The topological polar surface area (TPSA) is 58.1 Å². The summed E-state index contributed by atoms with van der Waals surface area (Å²) in [4.78, 5) is 22.0. The second-order valence-corrected chi connectivity index (χ2v) is 6.34. The zero-order chi connectivity index (χ0) is 19.4. The molecule has 1 aliphatic rings. The monoisotopic (exact) mass is 382 g/mol. The summed E-state index contributed by atoms with van der Waals surface area (Å²) < 4.78 is 52.6. The lowest BCUT2D eigenvalue weighted by Crippen LogP contribution is -2.28. The van der Waals surface area contributed by atoms with Gasteiger partial charge in [0.1, 0.15) is 11.6 Å². The summed E-state index contributed by atoms with van der Waals surface area (Å²) in [7, 11) is 0. The summed E-state index contributed by atoms with van der Waals surface area (Å²) in [5, 5.41) is 2.40. The molecule has 0 spiro atoms. The van der Waals surface area contributed by atoms with Crippen molar-refractivity contribution in [3.63, 3.8) is 0 Å². The number of rotatable bonds is 3. The van der Waals surface area contributed by atoms with Crippen molar-refractivity contribution >= 4 is 17.4 Å². The van der Waals surface area contributed by atoms with E-state index in [1.807, 2.05) is 4.90 Å². The maximum Gasteiger partial charge on any atom is 0.417 e. The van der Waals surface area contributed by atoms with E-state index in [0.717, 1.165) is 50.2 Å². The molecule has 1 fully saturated rings. The molecule has 0 aromatic carbocycles. The molecule has 0 saturated carbocycles. The largest absolute Gasteiger partial charge is 0.417 e. The van der Waals surface area contributed by atoms with Crippen LogP contribution in [0.1, 0.15) is 41.6 Å². The van der Waals surface area contributed by atoms with Gasteiger partial charge in [0.25, 0.3) is 5.91 Å². The second kappa shape index (κ2) is 7.89. The van der Waals surface area contributed by atoms with Gasteiger partial charge in [-0.1, -0.05) is 12.8 Å². The molecule has 1 saturated heterocycles. The minimum atomic E-state index is -4.63. The number of hydrogen-bond acceptors (Lipinski definition) is 4. The molecule has 0 atom stereocenters. The van der Waals surface area contributed by atoms with Gasteiger partial charge in [0.15, 0.2) is 0 Å². The van der Waals surface area contributed by atoms with Crippen molar-refractivity contribution in [2.45, 2.75) is 31.9 Å². The van der Waals surface area contributed by atoms with E-state index in [4.69, 9.17) is 0 Å². The molecule has 0 aliphatic carbocycles. The van der Waals surface area contributed by atoms with E-state index in [1.165, 1.54) is 6.20 Å². The quantitative estimate of drug-likeness (QED) is 0.806. The summed E-state index contributed by atoms with van der Waals surface area (Å²) >= 11 is 0. The molecule has 144 valence electrons. The van der Waals surface area contributed by atoms with Gasteiger partial charge >= 0.3 is 6.18 Å². The number of carbonyl (C=O) groups excluding carboxylic acids is 1. The molecule has 3 heterocycles. The summed E-state index contributed by atoms with van der Waals surface area (Å²) in [6, 6.07) is 1.83. The highest BCUT2D eigenvalue weighted by Crippen LogP contribution is 2.32. The third-order valence-corrected chi connectivity index (χ3v) is 4.31. The van der Waals surface area contributed by atoms with Crippen molar-refractivity contribution in [1.29, 1.82) is 0 Å². The smallest absolute Gasteiger partial charge is 0.356 e. The predicted molar refractivity (Wildman–Crippen MR) is 92.1 cm³/mol. The number of nitrogens with zero attached hydrogens (tertiary/aromatic N) is 3. The van der Waals surface area contributed by atoms with Crippen LogP contribution in [0.2, 0.25) is 0 Å². The highest BCUT2D eigenvalue weighted by molar-refractivity contribution is 6.07. The fourth-order valence-corrected chi connectivity index (χ4v) is 2.99. The highest BCUT2D eigenvalue weighted by Gasteiger charge is 2.33. The Kier molecular flexibility index (Phi) is 5.57. The van der Waals surface area contributed by atoms with Gasteiger partial charge in [-0.25, -0.2) is 9.37 Å². The van der Waals surface area contributed by atoms with Crippen molar-refractivity contribution in [3.05, 3.63) is 47.7 Å². The third-order valence-electron chi connectivity index (χ3n) is 4.31.